The summed E-state index contributed by atoms with van der Waals surface area (Å²) < 4.78 is 29.9. The lowest BCUT2D eigenvalue weighted by atomic mass is 10.2. The lowest BCUT2D eigenvalue weighted by Crippen LogP contribution is -2.47. The highest BCUT2D eigenvalue weighted by Gasteiger charge is 2.30. The highest BCUT2D eigenvalue weighted by atomic mass is 127. The van der Waals surface area contributed by atoms with Gasteiger partial charge in [0.05, 0.1) is 19.5 Å². The largest absolute Gasteiger partial charge is 0.379 e. The summed E-state index contributed by atoms with van der Waals surface area (Å²) in [6.45, 7) is 6.46. The average molecular weight is 461 g/mol. The Labute approximate surface area is 156 Å². The van der Waals surface area contributed by atoms with Gasteiger partial charge in [-0.3, -0.25) is 9.89 Å². The van der Waals surface area contributed by atoms with Gasteiger partial charge in [0.1, 0.15) is 0 Å². The number of sulfonamides is 1. The molecule has 2 fully saturated rings. The second kappa shape index (κ2) is 9.97. The van der Waals surface area contributed by atoms with Gasteiger partial charge in [-0.25, -0.2) is 13.1 Å². The van der Waals surface area contributed by atoms with Crippen LogP contribution in [0.15, 0.2) is 4.99 Å². The van der Waals surface area contributed by atoms with E-state index in [0.717, 1.165) is 58.0 Å². The minimum Gasteiger partial charge on any atom is -0.379 e. The van der Waals surface area contributed by atoms with Crippen LogP contribution in [-0.4, -0.2) is 96.0 Å². The number of morpholine rings is 1. The van der Waals surface area contributed by atoms with Crippen molar-refractivity contribution >= 4 is 40.0 Å². The third-order valence-electron chi connectivity index (χ3n) is 4.01. The van der Waals surface area contributed by atoms with E-state index in [-0.39, 0.29) is 24.0 Å². The number of ether oxygens (including phenoxy) is 1. The van der Waals surface area contributed by atoms with Crippen molar-refractivity contribution in [2.24, 2.45) is 4.99 Å². The number of halogens is 1. The smallest absolute Gasteiger partial charge is 0.208 e. The molecule has 136 valence electrons. The predicted molar refractivity (Wildman–Crippen MR) is 102 cm³/mol. The molecule has 0 aromatic heterocycles. The van der Waals surface area contributed by atoms with Crippen LogP contribution in [0.2, 0.25) is 0 Å². The number of nitrogens with one attached hydrogen (secondary N) is 2. The third-order valence-corrected chi connectivity index (χ3v) is 4.74. The van der Waals surface area contributed by atoms with Crippen molar-refractivity contribution in [2.75, 3.05) is 65.8 Å². The van der Waals surface area contributed by atoms with Crippen LogP contribution in [0.3, 0.4) is 0 Å². The molecule has 2 aliphatic heterocycles. The molecule has 0 aromatic carbocycles. The number of likely N-dealkylation sites (tertiary alicyclic amines) is 1. The monoisotopic (exact) mass is 461 g/mol. The number of nitrogens with zero attached hydrogens (tertiary/aromatic N) is 3. The average Bonchev–Trinajstić information content (AvgIpc) is 2.97. The van der Waals surface area contributed by atoms with Gasteiger partial charge in [-0.2, -0.15) is 0 Å². The van der Waals surface area contributed by atoms with Crippen LogP contribution in [0.4, 0.5) is 0 Å². The maximum absolute atomic E-state index is 11.0. The molecule has 10 heteroatoms. The fourth-order valence-corrected chi connectivity index (χ4v) is 3.39. The molecular formula is C13H28IN5O3S. The molecule has 2 heterocycles. The Hall–Kier alpha value is -0.170. The van der Waals surface area contributed by atoms with Crippen LogP contribution < -0.4 is 10.0 Å². The van der Waals surface area contributed by atoms with Crippen molar-refractivity contribution in [3.63, 3.8) is 0 Å². The Morgan fingerprint density at radius 1 is 1.26 bits per heavy atom. The van der Waals surface area contributed by atoms with Crippen LogP contribution in [0.5, 0.6) is 0 Å². The van der Waals surface area contributed by atoms with E-state index in [9.17, 15) is 8.42 Å². The second-order valence-corrected chi connectivity index (χ2v) is 7.51. The molecule has 0 aliphatic carbocycles. The topological polar surface area (TPSA) is 86.3 Å². The zero-order chi connectivity index (χ0) is 16.0. The Kier molecular flexibility index (Phi) is 9.04. The SMILES string of the molecule is CN=C(NCCNS(C)(=O)=O)N1CCC(N2CCOCC2)C1.I. The number of aliphatic imine (C=N–C) groups is 1. The molecule has 2 aliphatic rings. The minimum atomic E-state index is -3.13. The van der Waals surface area contributed by atoms with Crippen molar-refractivity contribution in [3.8, 4) is 0 Å². The van der Waals surface area contributed by atoms with Gasteiger partial charge in [-0.15, -0.1) is 24.0 Å². The Morgan fingerprint density at radius 3 is 2.57 bits per heavy atom. The van der Waals surface area contributed by atoms with Gasteiger partial charge in [0.25, 0.3) is 0 Å². The molecule has 0 saturated carbocycles. The first-order valence-electron chi connectivity index (χ1n) is 7.71. The van der Waals surface area contributed by atoms with Gasteiger partial charge in [0.2, 0.25) is 10.0 Å². The summed E-state index contributed by atoms with van der Waals surface area (Å²) in [5.41, 5.74) is 0. The molecule has 23 heavy (non-hydrogen) atoms. The van der Waals surface area contributed by atoms with E-state index >= 15 is 0 Å². The Morgan fingerprint density at radius 2 is 1.96 bits per heavy atom. The molecule has 0 radical (unpaired) electrons. The van der Waals surface area contributed by atoms with Crippen LogP contribution in [0.1, 0.15) is 6.42 Å². The van der Waals surface area contributed by atoms with Gasteiger partial charge in [0.15, 0.2) is 5.96 Å². The van der Waals surface area contributed by atoms with Gasteiger partial charge in [0, 0.05) is 52.4 Å². The summed E-state index contributed by atoms with van der Waals surface area (Å²) in [6, 6.07) is 0.552. The zero-order valence-electron chi connectivity index (χ0n) is 13.8. The quantitative estimate of drug-likeness (QED) is 0.240. The summed E-state index contributed by atoms with van der Waals surface area (Å²) in [5.74, 6) is 0.839. The number of guanidine groups is 1. The van der Waals surface area contributed by atoms with E-state index in [1.165, 1.54) is 0 Å². The molecule has 0 spiro atoms. The third kappa shape index (κ3) is 7.08. The summed E-state index contributed by atoms with van der Waals surface area (Å²) in [7, 11) is -1.37. The molecule has 1 unspecified atom stereocenters. The van der Waals surface area contributed by atoms with Crippen LogP contribution in [0.25, 0.3) is 0 Å². The van der Waals surface area contributed by atoms with Crippen LogP contribution in [0, 0.1) is 0 Å². The van der Waals surface area contributed by atoms with Crippen LogP contribution in [-0.2, 0) is 14.8 Å². The van der Waals surface area contributed by atoms with E-state index in [2.05, 4.69) is 24.8 Å². The van der Waals surface area contributed by atoms with Crippen molar-refractivity contribution in [2.45, 2.75) is 12.5 Å². The first-order chi connectivity index (χ1) is 10.5. The number of hydrogen-bond donors (Lipinski definition) is 2. The number of rotatable bonds is 5. The Bertz CT molecular complexity index is 482. The van der Waals surface area contributed by atoms with E-state index in [1.807, 2.05) is 0 Å². The molecule has 0 bridgehead atoms. The van der Waals surface area contributed by atoms with Crippen molar-refractivity contribution in [1.29, 1.82) is 0 Å². The van der Waals surface area contributed by atoms with E-state index in [4.69, 9.17) is 4.74 Å². The molecule has 8 nitrogen and oxygen atoms in total. The molecule has 2 rings (SSSR count). The summed E-state index contributed by atoms with van der Waals surface area (Å²) >= 11 is 0. The summed E-state index contributed by atoms with van der Waals surface area (Å²) in [6.07, 6.45) is 2.29. The first-order valence-corrected chi connectivity index (χ1v) is 9.61. The lowest BCUT2D eigenvalue weighted by Gasteiger charge is -2.32. The maximum Gasteiger partial charge on any atom is 0.208 e. The lowest BCUT2D eigenvalue weighted by molar-refractivity contribution is 0.0195. The van der Waals surface area contributed by atoms with E-state index in [0.29, 0.717) is 19.1 Å². The highest BCUT2D eigenvalue weighted by Crippen LogP contribution is 2.16. The summed E-state index contributed by atoms with van der Waals surface area (Å²) in [5, 5.41) is 3.21. The fourth-order valence-electron chi connectivity index (χ4n) is 2.92. The summed E-state index contributed by atoms with van der Waals surface area (Å²) in [4.78, 5) is 9.02. The maximum atomic E-state index is 11.0. The Balaban J connectivity index is 0.00000264. The van der Waals surface area contributed by atoms with Crippen LogP contribution >= 0.6 is 24.0 Å². The molecule has 2 N–H and O–H groups in total. The standard InChI is InChI=1S/C13H27N5O3S.HI/c1-14-13(15-4-5-16-22(2,19)20)18-6-3-12(11-18)17-7-9-21-10-8-17;/h12,16H,3-11H2,1-2H3,(H,14,15);1H. The normalized spacial score (nSPS) is 23.7. The molecule has 0 aromatic rings. The predicted octanol–water partition coefficient (Wildman–Crippen LogP) is -0.864. The second-order valence-electron chi connectivity index (χ2n) is 5.68. The van der Waals surface area contributed by atoms with Gasteiger partial charge < -0.3 is 15.0 Å². The van der Waals surface area contributed by atoms with Gasteiger partial charge in [-0.05, 0) is 6.42 Å². The highest BCUT2D eigenvalue weighted by molar-refractivity contribution is 14.0. The van der Waals surface area contributed by atoms with Crippen molar-refractivity contribution < 1.29 is 13.2 Å². The van der Waals surface area contributed by atoms with Crippen molar-refractivity contribution in [1.82, 2.24) is 19.8 Å². The molecule has 1 atom stereocenters. The first kappa shape index (κ1) is 20.9. The van der Waals surface area contributed by atoms with Crippen molar-refractivity contribution in [3.05, 3.63) is 0 Å². The van der Waals surface area contributed by atoms with E-state index in [1.54, 1.807) is 7.05 Å². The van der Waals surface area contributed by atoms with Gasteiger partial charge in [-0.1, -0.05) is 0 Å². The fraction of sp³-hybridized carbons (Fsp3) is 0.923. The molecular weight excluding hydrogens is 433 g/mol. The molecule has 2 saturated heterocycles. The zero-order valence-corrected chi connectivity index (χ0v) is 17.0. The molecule has 0 amide bonds. The van der Waals surface area contributed by atoms with E-state index < -0.39 is 10.0 Å². The van der Waals surface area contributed by atoms with Gasteiger partial charge >= 0.3 is 0 Å². The minimum absolute atomic E-state index is 0. The number of hydrogen-bond acceptors (Lipinski definition) is 5.